The van der Waals surface area contributed by atoms with Crippen LogP contribution in [0.1, 0.15) is 22.6 Å². The van der Waals surface area contributed by atoms with Crippen molar-refractivity contribution in [1.29, 1.82) is 0 Å². The number of nitrogens with zero attached hydrogens (tertiary/aromatic N) is 3. The van der Waals surface area contributed by atoms with Gasteiger partial charge in [0.1, 0.15) is 27.8 Å². The molecule has 3 rings (SSSR count). The van der Waals surface area contributed by atoms with Gasteiger partial charge in [0.15, 0.2) is 5.65 Å². The third kappa shape index (κ3) is 2.99. The molecule has 6 heteroatoms. The molecule has 1 radical (unpaired) electrons. The van der Waals surface area contributed by atoms with Crippen LogP contribution < -0.4 is 0 Å². The predicted octanol–water partition coefficient (Wildman–Crippen LogP) is 2.53. The highest BCUT2D eigenvalue weighted by atomic mass is 32.2. The van der Waals surface area contributed by atoms with Crippen molar-refractivity contribution in [2.75, 3.05) is 0 Å². The number of aromatic nitrogens is 3. The molecule has 0 bridgehead atoms. The number of thiol groups is 1. The van der Waals surface area contributed by atoms with Crippen LogP contribution >= 0.6 is 0 Å². The summed E-state index contributed by atoms with van der Waals surface area (Å²) in [6, 6.07) is 9.81. The van der Waals surface area contributed by atoms with Gasteiger partial charge in [-0.15, -0.1) is 0 Å². The average Bonchev–Trinajstić information content (AvgIpc) is 2.85. The van der Waals surface area contributed by atoms with Crippen molar-refractivity contribution in [3.8, 4) is 5.69 Å². The third-order valence-electron chi connectivity index (χ3n) is 3.76. The van der Waals surface area contributed by atoms with Gasteiger partial charge in [-0.25, -0.2) is 18.4 Å². The van der Waals surface area contributed by atoms with E-state index in [2.05, 4.69) is 16.9 Å². The number of rotatable bonds is 4. The molecule has 0 fully saturated rings. The molecule has 0 atom stereocenters. The predicted molar refractivity (Wildman–Crippen MR) is 91.4 cm³/mol. The molecule has 23 heavy (non-hydrogen) atoms. The number of imidazole rings is 1. The lowest BCUT2D eigenvalue weighted by atomic mass is 10.1. The Balaban J connectivity index is 2.30. The van der Waals surface area contributed by atoms with Crippen molar-refractivity contribution in [3.63, 3.8) is 0 Å². The quantitative estimate of drug-likeness (QED) is 0.748. The van der Waals surface area contributed by atoms with E-state index >= 15 is 0 Å². The van der Waals surface area contributed by atoms with Crippen LogP contribution in [-0.4, -0.2) is 23.0 Å². The Hall–Kier alpha value is -2.21. The number of hydrogen-bond acceptors (Lipinski definition) is 4. The molecule has 0 aliphatic rings. The van der Waals surface area contributed by atoms with E-state index in [9.17, 15) is 8.42 Å². The van der Waals surface area contributed by atoms with Gasteiger partial charge in [-0.2, -0.15) is 0 Å². The fourth-order valence-electron chi connectivity index (χ4n) is 2.71. The zero-order valence-electron chi connectivity index (χ0n) is 13.1. The summed E-state index contributed by atoms with van der Waals surface area (Å²) in [6.07, 6.45) is 0.709. The largest absolute Gasteiger partial charge is 0.280 e. The van der Waals surface area contributed by atoms with Crippen LogP contribution in [0.25, 0.3) is 16.9 Å². The highest BCUT2D eigenvalue weighted by Crippen LogP contribution is 2.24. The van der Waals surface area contributed by atoms with E-state index in [1.165, 1.54) is 0 Å². The molecule has 0 saturated carbocycles. The molecule has 5 nitrogen and oxygen atoms in total. The zero-order chi connectivity index (χ0) is 16.6. The standard InChI is InChI=1S/C17H18N3O2S/c1-4-13-5-7-14(8-6-13)20-15(10-23(21)22)19-16-11(2)9-12(3)18-17(16)20/h5-9,23H,1,4,10H2,2-3H3. The number of aryl methyl sites for hydroxylation is 2. The van der Waals surface area contributed by atoms with Crippen molar-refractivity contribution < 1.29 is 8.42 Å². The number of pyridine rings is 1. The van der Waals surface area contributed by atoms with Crippen LogP contribution in [-0.2, 0) is 22.9 Å². The van der Waals surface area contributed by atoms with Gasteiger partial charge < -0.3 is 0 Å². The molecule has 2 heterocycles. The van der Waals surface area contributed by atoms with Crippen molar-refractivity contribution in [3.05, 3.63) is 59.9 Å². The normalized spacial score (nSPS) is 11.5. The van der Waals surface area contributed by atoms with Crippen molar-refractivity contribution in [2.45, 2.75) is 26.0 Å². The first-order valence-corrected chi connectivity index (χ1v) is 8.72. The molecular weight excluding hydrogens is 310 g/mol. The van der Waals surface area contributed by atoms with E-state index in [0.29, 0.717) is 17.9 Å². The Labute approximate surface area is 137 Å². The average molecular weight is 328 g/mol. The minimum atomic E-state index is -2.57. The topological polar surface area (TPSA) is 64.8 Å². The summed E-state index contributed by atoms with van der Waals surface area (Å²) < 4.78 is 24.3. The van der Waals surface area contributed by atoms with Crippen LogP contribution in [0.15, 0.2) is 30.3 Å². The third-order valence-corrected chi connectivity index (χ3v) is 4.30. The summed E-state index contributed by atoms with van der Waals surface area (Å²) in [5.74, 6) is 0.376. The van der Waals surface area contributed by atoms with Crippen LogP contribution in [0.3, 0.4) is 0 Å². The van der Waals surface area contributed by atoms with E-state index in [-0.39, 0.29) is 5.75 Å². The Morgan fingerprint density at radius 2 is 1.83 bits per heavy atom. The lowest BCUT2D eigenvalue weighted by Gasteiger charge is -2.08. The Bertz CT molecular complexity index is 933. The van der Waals surface area contributed by atoms with Crippen LogP contribution in [0.4, 0.5) is 0 Å². The molecule has 0 unspecified atom stereocenters. The zero-order valence-corrected chi connectivity index (χ0v) is 14.0. The molecule has 2 aromatic heterocycles. The second-order valence-corrected chi connectivity index (χ2v) is 6.51. The second-order valence-electron chi connectivity index (χ2n) is 5.52. The first kappa shape index (κ1) is 15.7. The van der Waals surface area contributed by atoms with Gasteiger partial charge in [0.2, 0.25) is 0 Å². The van der Waals surface area contributed by atoms with Crippen LogP contribution in [0.2, 0.25) is 0 Å². The molecule has 0 aliphatic heterocycles. The van der Waals surface area contributed by atoms with Gasteiger partial charge in [-0.3, -0.25) is 4.57 Å². The minimum absolute atomic E-state index is 0.110. The SMILES string of the molecule is [CH2]Cc1ccc(-n2c(C[SH](=O)=O)nc3c(C)cc(C)nc32)cc1. The maximum Gasteiger partial charge on any atom is 0.165 e. The summed E-state index contributed by atoms with van der Waals surface area (Å²) >= 11 is 0. The summed E-state index contributed by atoms with van der Waals surface area (Å²) in [5.41, 5.74) is 5.27. The van der Waals surface area contributed by atoms with Gasteiger partial charge in [0, 0.05) is 11.4 Å². The van der Waals surface area contributed by atoms with Gasteiger partial charge in [0.05, 0.1) is 0 Å². The van der Waals surface area contributed by atoms with Gasteiger partial charge >= 0.3 is 0 Å². The molecule has 0 spiro atoms. The maximum atomic E-state index is 11.2. The summed E-state index contributed by atoms with van der Waals surface area (Å²) in [4.78, 5) is 9.09. The lowest BCUT2D eigenvalue weighted by Crippen LogP contribution is -2.03. The maximum absolute atomic E-state index is 11.2. The number of hydrogen-bond donors (Lipinski definition) is 1. The molecule has 3 aromatic rings. The molecule has 0 N–H and O–H groups in total. The Kier molecular flexibility index (Phi) is 4.17. The smallest absolute Gasteiger partial charge is 0.165 e. The lowest BCUT2D eigenvalue weighted by molar-refractivity contribution is 0.612. The number of benzene rings is 1. The van der Waals surface area contributed by atoms with Crippen LogP contribution in [0, 0.1) is 20.8 Å². The summed E-state index contributed by atoms with van der Waals surface area (Å²) in [7, 11) is -2.57. The van der Waals surface area contributed by atoms with Crippen molar-refractivity contribution >= 4 is 21.9 Å². The molecule has 119 valence electrons. The first-order valence-electron chi connectivity index (χ1n) is 7.35. The van der Waals surface area contributed by atoms with E-state index in [0.717, 1.165) is 28.0 Å². The Morgan fingerprint density at radius 1 is 1.13 bits per heavy atom. The van der Waals surface area contributed by atoms with Gasteiger partial charge in [-0.1, -0.05) is 12.1 Å². The fraction of sp³-hybridized carbons (Fsp3) is 0.235. The van der Waals surface area contributed by atoms with Gasteiger partial charge in [0.25, 0.3) is 0 Å². The molecule has 0 saturated heterocycles. The van der Waals surface area contributed by atoms with Crippen molar-refractivity contribution in [1.82, 2.24) is 14.5 Å². The van der Waals surface area contributed by atoms with E-state index in [1.54, 1.807) is 0 Å². The van der Waals surface area contributed by atoms with Crippen LogP contribution in [0.5, 0.6) is 0 Å². The highest BCUT2D eigenvalue weighted by molar-refractivity contribution is 7.71. The first-order chi connectivity index (χ1) is 11.0. The van der Waals surface area contributed by atoms with E-state index in [4.69, 9.17) is 0 Å². The minimum Gasteiger partial charge on any atom is -0.280 e. The van der Waals surface area contributed by atoms with Crippen molar-refractivity contribution in [2.24, 2.45) is 0 Å². The van der Waals surface area contributed by atoms with E-state index in [1.807, 2.05) is 48.7 Å². The summed E-state index contributed by atoms with van der Waals surface area (Å²) in [5, 5.41) is 0. The molecule has 0 aliphatic carbocycles. The molecular formula is C17H18N3O2S. The Morgan fingerprint density at radius 3 is 2.43 bits per heavy atom. The number of fused-ring (bicyclic) bond motifs is 1. The fourth-order valence-corrected chi connectivity index (χ4v) is 3.15. The molecule has 0 amide bonds. The monoisotopic (exact) mass is 328 g/mol. The second kappa shape index (κ2) is 6.12. The highest BCUT2D eigenvalue weighted by Gasteiger charge is 2.16. The summed E-state index contributed by atoms with van der Waals surface area (Å²) in [6.45, 7) is 7.75. The van der Waals surface area contributed by atoms with E-state index < -0.39 is 10.7 Å². The molecule has 1 aromatic carbocycles. The van der Waals surface area contributed by atoms with Gasteiger partial charge in [-0.05, 0) is 56.5 Å².